The van der Waals surface area contributed by atoms with Crippen molar-refractivity contribution in [3.63, 3.8) is 0 Å². The average Bonchev–Trinajstić information content (AvgIpc) is 2.36. The Morgan fingerprint density at radius 3 is 2.59 bits per heavy atom. The van der Waals surface area contributed by atoms with Crippen molar-refractivity contribution in [2.45, 2.75) is 4.90 Å². The van der Waals surface area contributed by atoms with E-state index in [2.05, 4.69) is 6.58 Å². The standard InChI is InChI=1S/C14H12O2S/c1-9(14(15)16)11-8-7-10-5-3-4-6-12(10)13(11)17-2/h3-8H,1H2,2H3,(H,15,16). The minimum absolute atomic E-state index is 0.139. The number of carboxylic acids is 1. The molecule has 0 bridgehead atoms. The maximum absolute atomic E-state index is 11.0. The number of fused-ring (bicyclic) bond motifs is 1. The van der Waals surface area contributed by atoms with E-state index in [0.717, 1.165) is 15.7 Å². The Morgan fingerprint density at radius 1 is 1.24 bits per heavy atom. The first-order valence-electron chi connectivity index (χ1n) is 5.13. The number of carbonyl (C=O) groups is 1. The summed E-state index contributed by atoms with van der Waals surface area (Å²) in [5.41, 5.74) is 0.837. The van der Waals surface area contributed by atoms with E-state index < -0.39 is 5.97 Å². The molecule has 0 heterocycles. The largest absolute Gasteiger partial charge is 0.478 e. The quantitative estimate of drug-likeness (QED) is 0.661. The van der Waals surface area contributed by atoms with Gasteiger partial charge in [-0.2, -0.15) is 0 Å². The summed E-state index contributed by atoms with van der Waals surface area (Å²) in [6.45, 7) is 3.63. The van der Waals surface area contributed by atoms with Gasteiger partial charge in [-0.1, -0.05) is 43.0 Å². The summed E-state index contributed by atoms with van der Waals surface area (Å²) in [6, 6.07) is 11.7. The second-order valence-electron chi connectivity index (χ2n) is 3.65. The van der Waals surface area contributed by atoms with E-state index in [4.69, 9.17) is 5.11 Å². The molecule has 2 nitrogen and oxygen atoms in total. The van der Waals surface area contributed by atoms with Gasteiger partial charge in [0, 0.05) is 10.5 Å². The van der Waals surface area contributed by atoms with Crippen LogP contribution in [0, 0.1) is 0 Å². The Balaban J connectivity index is 2.73. The van der Waals surface area contributed by atoms with E-state index in [9.17, 15) is 4.79 Å². The summed E-state index contributed by atoms with van der Waals surface area (Å²) in [7, 11) is 0. The number of hydrogen-bond donors (Lipinski definition) is 1. The van der Waals surface area contributed by atoms with Gasteiger partial charge in [-0.25, -0.2) is 4.79 Å². The van der Waals surface area contributed by atoms with Gasteiger partial charge in [-0.05, 0) is 17.0 Å². The molecule has 2 rings (SSSR count). The highest BCUT2D eigenvalue weighted by molar-refractivity contribution is 7.98. The maximum atomic E-state index is 11.0. The van der Waals surface area contributed by atoms with E-state index in [-0.39, 0.29) is 5.57 Å². The lowest BCUT2D eigenvalue weighted by Gasteiger charge is -2.10. The molecule has 0 saturated carbocycles. The second-order valence-corrected chi connectivity index (χ2v) is 4.47. The van der Waals surface area contributed by atoms with Gasteiger partial charge in [0.05, 0.1) is 5.57 Å². The van der Waals surface area contributed by atoms with Gasteiger partial charge >= 0.3 is 5.97 Å². The third-order valence-electron chi connectivity index (χ3n) is 2.67. The Labute approximate surface area is 104 Å². The molecule has 0 aromatic heterocycles. The molecular formula is C14H12O2S. The summed E-state index contributed by atoms with van der Waals surface area (Å²) in [5, 5.41) is 11.2. The molecule has 2 aromatic rings. The minimum Gasteiger partial charge on any atom is -0.478 e. The predicted octanol–water partition coefficient (Wildman–Crippen LogP) is 3.66. The Kier molecular flexibility index (Phi) is 3.20. The van der Waals surface area contributed by atoms with Crippen LogP contribution in [0.2, 0.25) is 0 Å². The predicted molar refractivity (Wildman–Crippen MR) is 72.4 cm³/mol. The first-order valence-corrected chi connectivity index (χ1v) is 6.36. The molecule has 0 radical (unpaired) electrons. The zero-order valence-electron chi connectivity index (χ0n) is 9.43. The lowest BCUT2D eigenvalue weighted by Crippen LogP contribution is -1.99. The fourth-order valence-electron chi connectivity index (χ4n) is 1.82. The number of hydrogen-bond acceptors (Lipinski definition) is 2. The van der Waals surface area contributed by atoms with Gasteiger partial charge in [0.2, 0.25) is 0 Å². The van der Waals surface area contributed by atoms with Gasteiger partial charge in [-0.3, -0.25) is 0 Å². The van der Waals surface area contributed by atoms with Crippen molar-refractivity contribution in [3.05, 3.63) is 48.5 Å². The third-order valence-corrected chi connectivity index (χ3v) is 3.52. The zero-order chi connectivity index (χ0) is 12.4. The fourth-order valence-corrected chi connectivity index (χ4v) is 2.63. The summed E-state index contributed by atoms with van der Waals surface area (Å²) in [5.74, 6) is -0.976. The van der Waals surface area contributed by atoms with E-state index in [1.807, 2.05) is 42.7 Å². The van der Waals surface area contributed by atoms with Gasteiger partial charge < -0.3 is 5.11 Å². The second kappa shape index (κ2) is 4.63. The van der Waals surface area contributed by atoms with Crippen molar-refractivity contribution in [1.29, 1.82) is 0 Å². The lowest BCUT2D eigenvalue weighted by molar-refractivity contribution is -0.130. The van der Waals surface area contributed by atoms with Crippen molar-refractivity contribution in [1.82, 2.24) is 0 Å². The molecular weight excluding hydrogens is 232 g/mol. The van der Waals surface area contributed by atoms with Crippen LogP contribution in [0.1, 0.15) is 5.56 Å². The normalized spacial score (nSPS) is 10.4. The van der Waals surface area contributed by atoms with Crippen LogP contribution in [0.15, 0.2) is 47.9 Å². The third kappa shape index (κ3) is 2.06. The lowest BCUT2D eigenvalue weighted by atomic mass is 10.0. The fraction of sp³-hybridized carbons (Fsp3) is 0.0714. The van der Waals surface area contributed by atoms with Crippen LogP contribution in [0.4, 0.5) is 0 Å². The Bertz CT molecular complexity index is 602. The molecule has 0 spiro atoms. The Hall–Kier alpha value is -1.74. The maximum Gasteiger partial charge on any atom is 0.335 e. The van der Waals surface area contributed by atoms with Crippen molar-refractivity contribution >= 4 is 34.1 Å². The van der Waals surface area contributed by atoms with Crippen LogP contribution in [-0.4, -0.2) is 17.3 Å². The van der Waals surface area contributed by atoms with Crippen molar-refractivity contribution < 1.29 is 9.90 Å². The highest BCUT2D eigenvalue weighted by Crippen LogP contribution is 2.33. The van der Waals surface area contributed by atoms with Crippen molar-refractivity contribution in [2.24, 2.45) is 0 Å². The van der Waals surface area contributed by atoms with Crippen LogP contribution in [-0.2, 0) is 4.79 Å². The molecule has 0 saturated heterocycles. The van der Waals surface area contributed by atoms with Crippen LogP contribution >= 0.6 is 11.8 Å². The van der Waals surface area contributed by atoms with E-state index in [1.54, 1.807) is 11.8 Å². The van der Waals surface area contributed by atoms with Crippen LogP contribution < -0.4 is 0 Å². The molecule has 3 heteroatoms. The molecule has 0 amide bonds. The monoisotopic (exact) mass is 244 g/mol. The van der Waals surface area contributed by atoms with E-state index >= 15 is 0 Å². The molecule has 0 aliphatic heterocycles. The average molecular weight is 244 g/mol. The molecule has 0 atom stereocenters. The molecule has 0 aliphatic rings. The number of benzene rings is 2. The molecule has 0 aliphatic carbocycles. The van der Waals surface area contributed by atoms with Crippen LogP contribution in [0.25, 0.3) is 16.3 Å². The molecule has 0 unspecified atom stereocenters. The van der Waals surface area contributed by atoms with Gasteiger partial charge in [0.15, 0.2) is 0 Å². The number of aliphatic carboxylic acids is 1. The molecule has 86 valence electrons. The molecule has 1 N–H and O–H groups in total. The first kappa shape index (κ1) is 11.7. The zero-order valence-corrected chi connectivity index (χ0v) is 10.3. The molecule has 2 aromatic carbocycles. The van der Waals surface area contributed by atoms with E-state index in [0.29, 0.717) is 5.56 Å². The Morgan fingerprint density at radius 2 is 1.94 bits per heavy atom. The van der Waals surface area contributed by atoms with Crippen molar-refractivity contribution in [3.8, 4) is 0 Å². The van der Waals surface area contributed by atoms with Crippen LogP contribution in [0.5, 0.6) is 0 Å². The molecule has 17 heavy (non-hydrogen) atoms. The molecule has 0 fully saturated rings. The first-order chi connectivity index (χ1) is 8.15. The highest BCUT2D eigenvalue weighted by Gasteiger charge is 2.13. The number of rotatable bonds is 3. The summed E-state index contributed by atoms with van der Waals surface area (Å²) < 4.78 is 0. The number of carboxylic acid groups (broad SMARTS) is 1. The highest BCUT2D eigenvalue weighted by atomic mass is 32.2. The smallest absolute Gasteiger partial charge is 0.335 e. The topological polar surface area (TPSA) is 37.3 Å². The van der Waals surface area contributed by atoms with Crippen LogP contribution in [0.3, 0.4) is 0 Å². The number of thioether (sulfide) groups is 1. The van der Waals surface area contributed by atoms with Gasteiger partial charge in [0.1, 0.15) is 0 Å². The SMILES string of the molecule is C=C(C(=O)O)c1ccc2ccccc2c1SC. The van der Waals surface area contributed by atoms with Gasteiger partial charge in [-0.15, -0.1) is 11.8 Å². The van der Waals surface area contributed by atoms with E-state index in [1.165, 1.54) is 0 Å². The summed E-state index contributed by atoms with van der Waals surface area (Å²) >= 11 is 1.55. The van der Waals surface area contributed by atoms with Crippen molar-refractivity contribution in [2.75, 3.05) is 6.26 Å². The summed E-state index contributed by atoms with van der Waals surface area (Å²) in [4.78, 5) is 12.0. The minimum atomic E-state index is -0.976. The van der Waals surface area contributed by atoms with Gasteiger partial charge in [0.25, 0.3) is 0 Å². The summed E-state index contributed by atoms with van der Waals surface area (Å²) in [6.07, 6.45) is 1.94.